The number of halogens is 2. The lowest BCUT2D eigenvalue weighted by Gasteiger charge is -2.38. The number of likely N-dealkylation sites (N-methyl/N-ethyl adjacent to an activating group) is 1. The van der Waals surface area contributed by atoms with Gasteiger partial charge in [0.25, 0.3) is 0 Å². The van der Waals surface area contributed by atoms with Gasteiger partial charge in [-0.3, -0.25) is 4.90 Å². The van der Waals surface area contributed by atoms with Crippen LogP contribution in [-0.4, -0.2) is 43.0 Å². The molecule has 1 atom stereocenters. The predicted molar refractivity (Wildman–Crippen MR) is 90.3 cm³/mol. The smallest absolute Gasteiger partial charge is 0.0351 e. The van der Waals surface area contributed by atoms with Crippen molar-refractivity contribution in [3.05, 3.63) is 35.4 Å². The minimum atomic E-state index is 0. The second-order valence-electron chi connectivity index (χ2n) is 5.80. The van der Waals surface area contributed by atoms with Gasteiger partial charge >= 0.3 is 0 Å². The van der Waals surface area contributed by atoms with E-state index in [-0.39, 0.29) is 24.8 Å². The Hall–Kier alpha value is -0.280. The Kier molecular flexibility index (Phi) is 7.32. The number of hydrogen-bond donors (Lipinski definition) is 0. The zero-order chi connectivity index (χ0) is 12.4. The van der Waals surface area contributed by atoms with Crippen LogP contribution in [0, 0.1) is 0 Å². The van der Waals surface area contributed by atoms with Crippen LogP contribution in [0.4, 0.5) is 0 Å². The first-order valence-corrected chi connectivity index (χ1v) is 7.35. The molecule has 1 aromatic rings. The molecule has 0 bridgehead atoms. The standard InChI is InChI=1S/C16H24N2.2ClH/c1-17-10-12-18(13-11-17)16-9-5-3-7-14-6-2-4-8-15(14)16;;/h2,4,6,8,16H,3,5,7,9-13H2,1H3;2*1H. The molecule has 0 radical (unpaired) electrons. The number of nitrogens with zero attached hydrogens (tertiary/aromatic N) is 2. The lowest BCUT2D eigenvalue weighted by Crippen LogP contribution is -2.46. The third kappa shape index (κ3) is 3.88. The number of fused-ring (bicyclic) bond motifs is 1. The van der Waals surface area contributed by atoms with Crippen LogP contribution >= 0.6 is 24.8 Å². The normalized spacial score (nSPS) is 23.9. The number of aryl methyl sites for hydroxylation is 1. The summed E-state index contributed by atoms with van der Waals surface area (Å²) in [4.78, 5) is 5.16. The lowest BCUT2D eigenvalue weighted by molar-refractivity contribution is 0.106. The van der Waals surface area contributed by atoms with Crippen LogP contribution in [0.3, 0.4) is 0 Å². The number of rotatable bonds is 1. The molecule has 0 aromatic heterocycles. The van der Waals surface area contributed by atoms with Gasteiger partial charge in [-0.05, 0) is 37.4 Å². The van der Waals surface area contributed by atoms with E-state index < -0.39 is 0 Å². The molecule has 0 saturated carbocycles. The molecule has 2 nitrogen and oxygen atoms in total. The summed E-state index contributed by atoms with van der Waals surface area (Å²) >= 11 is 0. The molecule has 2 aliphatic rings. The highest BCUT2D eigenvalue weighted by molar-refractivity contribution is 5.85. The molecular formula is C16H26Cl2N2. The second kappa shape index (κ2) is 8.23. The van der Waals surface area contributed by atoms with Gasteiger partial charge < -0.3 is 4.90 Å². The monoisotopic (exact) mass is 316 g/mol. The van der Waals surface area contributed by atoms with Crippen molar-refractivity contribution in [3.63, 3.8) is 0 Å². The molecule has 4 heteroatoms. The second-order valence-corrected chi connectivity index (χ2v) is 5.80. The first-order valence-electron chi connectivity index (χ1n) is 7.35. The third-order valence-electron chi connectivity index (χ3n) is 4.57. The molecule has 1 fully saturated rings. The molecule has 1 aliphatic carbocycles. The molecule has 1 aliphatic heterocycles. The summed E-state index contributed by atoms with van der Waals surface area (Å²) in [5.74, 6) is 0. The fourth-order valence-electron chi connectivity index (χ4n) is 3.41. The van der Waals surface area contributed by atoms with Crippen molar-refractivity contribution in [3.8, 4) is 0 Å². The molecule has 1 unspecified atom stereocenters. The summed E-state index contributed by atoms with van der Waals surface area (Å²) in [6, 6.07) is 9.79. The number of benzene rings is 1. The van der Waals surface area contributed by atoms with E-state index in [9.17, 15) is 0 Å². The first-order chi connectivity index (χ1) is 8.84. The van der Waals surface area contributed by atoms with Crippen LogP contribution in [0.1, 0.15) is 36.4 Å². The molecule has 0 N–H and O–H groups in total. The average Bonchev–Trinajstić information content (AvgIpc) is 2.62. The van der Waals surface area contributed by atoms with E-state index in [1.54, 1.807) is 11.1 Å². The summed E-state index contributed by atoms with van der Waals surface area (Å²) in [5, 5.41) is 0. The van der Waals surface area contributed by atoms with Gasteiger partial charge in [-0.15, -0.1) is 24.8 Å². The summed E-state index contributed by atoms with van der Waals surface area (Å²) in [6.07, 6.45) is 5.37. The number of hydrogen-bond acceptors (Lipinski definition) is 2. The molecule has 114 valence electrons. The summed E-state index contributed by atoms with van der Waals surface area (Å²) in [7, 11) is 2.23. The van der Waals surface area contributed by atoms with E-state index in [0.717, 1.165) is 0 Å². The van der Waals surface area contributed by atoms with E-state index in [2.05, 4.69) is 41.1 Å². The van der Waals surface area contributed by atoms with Crippen molar-refractivity contribution in [2.75, 3.05) is 33.2 Å². The van der Waals surface area contributed by atoms with E-state index in [4.69, 9.17) is 0 Å². The van der Waals surface area contributed by atoms with E-state index >= 15 is 0 Å². The summed E-state index contributed by atoms with van der Waals surface area (Å²) < 4.78 is 0. The molecule has 3 rings (SSSR count). The van der Waals surface area contributed by atoms with Crippen LogP contribution in [0.5, 0.6) is 0 Å². The zero-order valence-corrected chi connectivity index (χ0v) is 13.9. The van der Waals surface area contributed by atoms with E-state index in [1.165, 1.54) is 51.9 Å². The van der Waals surface area contributed by atoms with Gasteiger partial charge in [-0.2, -0.15) is 0 Å². The topological polar surface area (TPSA) is 6.48 Å². The Morgan fingerprint density at radius 3 is 2.40 bits per heavy atom. The van der Waals surface area contributed by atoms with Gasteiger partial charge in [-0.25, -0.2) is 0 Å². The first kappa shape index (κ1) is 17.8. The minimum absolute atomic E-state index is 0. The fraction of sp³-hybridized carbons (Fsp3) is 0.625. The predicted octanol–water partition coefficient (Wildman–Crippen LogP) is 3.55. The molecule has 20 heavy (non-hydrogen) atoms. The van der Waals surface area contributed by atoms with Gasteiger partial charge in [0.1, 0.15) is 0 Å². The zero-order valence-electron chi connectivity index (χ0n) is 12.3. The maximum atomic E-state index is 2.71. The maximum Gasteiger partial charge on any atom is 0.0351 e. The summed E-state index contributed by atoms with van der Waals surface area (Å²) in [5.41, 5.74) is 3.21. The van der Waals surface area contributed by atoms with E-state index in [0.29, 0.717) is 6.04 Å². The van der Waals surface area contributed by atoms with Gasteiger partial charge in [0.15, 0.2) is 0 Å². The highest BCUT2D eigenvalue weighted by Gasteiger charge is 2.26. The molecular weight excluding hydrogens is 291 g/mol. The Labute approximate surface area is 135 Å². The summed E-state index contributed by atoms with van der Waals surface area (Å²) in [6.45, 7) is 4.91. The lowest BCUT2D eigenvalue weighted by atomic mass is 9.97. The van der Waals surface area contributed by atoms with Gasteiger partial charge in [-0.1, -0.05) is 30.7 Å². The largest absolute Gasteiger partial charge is 0.304 e. The number of piperazine rings is 1. The Morgan fingerprint density at radius 1 is 0.950 bits per heavy atom. The highest BCUT2D eigenvalue weighted by Crippen LogP contribution is 2.33. The highest BCUT2D eigenvalue weighted by atomic mass is 35.5. The maximum absolute atomic E-state index is 2.71. The van der Waals surface area contributed by atoms with Gasteiger partial charge in [0.2, 0.25) is 0 Å². The Balaban J connectivity index is 0.000001000. The van der Waals surface area contributed by atoms with Crippen molar-refractivity contribution in [2.45, 2.75) is 31.7 Å². The average molecular weight is 317 g/mol. The molecule has 0 amide bonds. The Morgan fingerprint density at radius 2 is 1.65 bits per heavy atom. The van der Waals surface area contributed by atoms with Crippen molar-refractivity contribution < 1.29 is 0 Å². The molecule has 1 saturated heterocycles. The minimum Gasteiger partial charge on any atom is -0.304 e. The fourth-order valence-corrected chi connectivity index (χ4v) is 3.41. The van der Waals surface area contributed by atoms with Crippen LogP contribution in [-0.2, 0) is 6.42 Å². The third-order valence-corrected chi connectivity index (χ3v) is 4.57. The van der Waals surface area contributed by atoms with Crippen LogP contribution in [0.15, 0.2) is 24.3 Å². The van der Waals surface area contributed by atoms with Crippen LogP contribution < -0.4 is 0 Å². The van der Waals surface area contributed by atoms with Crippen LogP contribution in [0.2, 0.25) is 0 Å². The van der Waals surface area contributed by atoms with Crippen molar-refractivity contribution >= 4 is 24.8 Å². The molecule has 1 aromatic carbocycles. The van der Waals surface area contributed by atoms with Crippen molar-refractivity contribution in [2.24, 2.45) is 0 Å². The quantitative estimate of drug-likeness (QED) is 0.731. The molecule has 0 spiro atoms. The van der Waals surface area contributed by atoms with Gasteiger partial charge in [0.05, 0.1) is 0 Å². The van der Waals surface area contributed by atoms with Crippen molar-refractivity contribution in [1.82, 2.24) is 9.80 Å². The van der Waals surface area contributed by atoms with E-state index in [1.807, 2.05) is 0 Å². The molecule has 1 heterocycles. The van der Waals surface area contributed by atoms with Crippen molar-refractivity contribution in [1.29, 1.82) is 0 Å². The Bertz CT molecular complexity index is 403. The van der Waals surface area contributed by atoms with Gasteiger partial charge in [0, 0.05) is 32.2 Å². The SMILES string of the molecule is CN1CCN(C2CCCCc3ccccc32)CC1.Cl.Cl. The van der Waals surface area contributed by atoms with Crippen LogP contribution in [0.25, 0.3) is 0 Å².